The van der Waals surface area contributed by atoms with E-state index in [0.717, 1.165) is 13.0 Å². The fourth-order valence-electron chi connectivity index (χ4n) is 0.843. The normalized spacial score (nSPS) is 11.8. The van der Waals surface area contributed by atoms with E-state index in [4.69, 9.17) is 6.42 Å². The lowest BCUT2D eigenvalue weighted by atomic mass is 10.2. The number of carbonyl (C=O) groups is 1. The summed E-state index contributed by atoms with van der Waals surface area (Å²) in [5, 5.41) is 3.01. The van der Waals surface area contributed by atoms with E-state index in [9.17, 15) is 4.79 Å². The quantitative estimate of drug-likeness (QED) is 0.627. The summed E-state index contributed by atoms with van der Waals surface area (Å²) in [5.74, 6) is 2.66. The number of terminal acetylenes is 1. The van der Waals surface area contributed by atoms with E-state index in [1.54, 1.807) is 11.9 Å². The van der Waals surface area contributed by atoms with Gasteiger partial charge in [-0.15, -0.1) is 6.42 Å². The molecule has 74 valence electrons. The number of carbonyl (C=O) groups excluding carboxylic acids is 1. The fourth-order valence-corrected chi connectivity index (χ4v) is 0.843. The van der Waals surface area contributed by atoms with Crippen LogP contribution in [0, 0.1) is 12.3 Å². The van der Waals surface area contributed by atoms with Gasteiger partial charge in [0.25, 0.3) is 0 Å². The Hall–Kier alpha value is -1.01. The van der Waals surface area contributed by atoms with Gasteiger partial charge in [0.15, 0.2) is 0 Å². The number of nitrogens with zero attached hydrogens (tertiary/aromatic N) is 1. The molecule has 1 N–H and O–H groups in total. The Bertz CT molecular complexity index is 196. The highest BCUT2D eigenvalue weighted by molar-refractivity contribution is 5.77. The van der Waals surface area contributed by atoms with Crippen LogP contribution in [0.2, 0.25) is 0 Å². The van der Waals surface area contributed by atoms with Crippen LogP contribution in [0.15, 0.2) is 0 Å². The molecule has 0 fully saturated rings. The van der Waals surface area contributed by atoms with Gasteiger partial charge in [0.05, 0.1) is 12.6 Å². The SMILES string of the molecule is C#CC(CC)NCC(=O)N(C)CC. The zero-order chi connectivity index (χ0) is 10.3. The Balaban J connectivity index is 3.76. The zero-order valence-electron chi connectivity index (χ0n) is 8.63. The summed E-state index contributed by atoms with van der Waals surface area (Å²) in [7, 11) is 1.78. The highest BCUT2D eigenvalue weighted by Crippen LogP contribution is 1.88. The lowest BCUT2D eigenvalue weighted by molar-refractivity contribution is -0.128. The molecular formula is C10H18N2O. The molecule has 0 saturated carbocycles. The largest absolute Gasteiger partial charge is 0.345 e. The van der Waals surface area contributed by atoms with Gasteiger partial charge in [-0.25, -0.2) is 0 Å². The second-order valence-corrected chi connectivity index (χ2v) is 2.92. The third kappa shape index (κ3) is 4.54. The van der Waals surface area contributed by atoms with Crippen molar-refractivity contribution < 1.29 is 4.79 Å². The van der Waals surface area contributed by atoms with Gasteiger partial charge in [-0.05, 0) is 13.3 Å². The van der Waals surface area contributed by atoms with Gasteiger partial charge < -0.3 is 4.90 Å². The molecule has 1 atom stereocenters. The molecule has 0 heterocycles. The molecule has 0 aromatic carbocycles. The summed E-state index contributed by atoms with van der Waals surface area (Å²) in [6, 6.07) is 0.00852. The van der Waals surface area contributed by atoms with Gasteiger partial charge in [0, 0.05) is 13.6 Å². The molecule has 0 aliphatic rings. The summed E-state index contributed by atoms with van der Waals surface area (Å²) in [6.45, 7) is 4.99. The van der Waals surface area contributed by atoms with E-state index in [2.05, 4.69) is 11.2 Å². The molecule has 0 saturated heterocycles. The second-order valence-electron chi connectivity index (χ2n) is 2.92. The molecule has 0 aliphatic carbocycles. The molecule has 0 radical (unpaired) electrons. The predicted octanol–water partition coefficient (Wildman–Crippen LogP) is 0.466. The van der Waals surface area contributed by atoms with Gasteiger partial charge in [0.1, 0.15) is 0 Å². The maximum absolute atomic E-state index is 11.3. The number of hydrogen-bond donors (Lipinski definition) is 1. The minimum atomic E-state index is 0.00852. The number of amides is 1. The van der Waals surface area contributed by atoms with Crippen LogP contribution in [-0.2, 0) is 4.79 Å². The van der Waals surface area contributed by atoms with Crippen LogP contribution in [0.25, 0.3) is 0 Å². The van der Waals surface area contributed by atoms with Crippen molar-refractivity contribution in [3.05, 3.63) is 0 Å². The molecule has 13 heavy (non-hydrogen) atoms. The molecule has 0 bridgehead atoms. The summed E-state index contributed by atoms with van der Waals surface area (Å²) in [4.78, 5) is 13.0. The Labute approximate surface area is 80.5 Å². The highest BCUT2D eigenvalue weighted by atomic mass is 16.2. The minimum absolute atomic E-state index is 0.00852. The number of nitrogens with one attached hydrogen (secondary N) is 1. The van der Waals surface area contributed by atoms with Gasteiger partial charge in [-0.2, -0.15) is 0 Å². The van der Waals surface area contributed by atoms with Crippen LogP contribution in [-0.4, -0.2) is 37.0 Å². The molecule has 1 amide bonds. The van der Waals surface area contributed by atoms with Crippen molar-refractivity contribution in [3.63, 3.8) is 0 Å². The second kappa shape index (κ2) is 6.50. The Morgan fingerprint density at radius 3 is 2.62 bits per heavy atom. The first-order chi connectivity index (χ1) is 6.15. The highest BCUT2D eigenvalue weighted by Gasteiger charge is 2.08. The molecular weight excluding hydrogens is 164 g/mol. The average molecular weight is 182 g/mol. The van der Waals surface area contributed by atoms with Gasteiger partial charge in [0.2, 0.25) is 5.91 Å². The maximum atomic E-state index is 11.3. The summed E-state index contributed by atoms with van der Waals surface area (Å²) in [5.41, 5.74) is 0. The lowest BCUT2D eigenvalue weighted by Gasteiger charge is -2.16. The van der Waals surface area contributed by atoms with Gasteiger partial charge in [-0.3, -0.25) is 10.1 Å². The van der Waals surface area contributed by atoms with Gasteiger partial charge in [-0.1, -0.05) is 12.8 Å². The van der Waals surface area contributed by atoms with Crippen molar-refractivity contribution in [1.82, 2.24) is 10.2 Å². The van der Waals surface area contributed by atoms with E-state index in [-0.39, 0.29) is 11.9 Å². The van der Waals surface area contributed by atoms with E-state index in [0.29, 0.717) is 6.54 Å². The molecule has 0 aromatic heterocycles. The number of hydrogen-bond acceptors (Lipinski definition) is 2. The molecule has 3 heteroatoms. The first kappa shape index (κ1) is 12.0. The molecule has 1 unspecified atom stereocenters. The molecule has 0 spiro atoms. The Morgan fingerprint density at radius 1 is 1.62 bits per heavy atom. The molecule has 0 aliphatic heterocycles. The van der Waals surface area contributed by atoms with E-state index < -0.39 is 0 Å². The number of rotatable bonds is 5. The summed E-state index contributed by atoms with van der Waals surface area (Å²) in [6.07, 6.45) is 6.09. The third-order valence-corrected chi connectivity index (χ3v) is 2.01. The predicted molar refractivity (Wildman–Crippen MR) is 54.2 cm³/mol. The first-order valence-electron chi connectivity index (χ1n) is 4.59. The first-order valence-corrected chi connectivity index (χ1v) is 4.59. The Morgan fingerprint density at radius 2 is 2.23 bits per heavy atom. The van der Waals surface area contributed by atoms with Crippen molar-refractivity contribution in [1.29, 1.82) is 0 Å². The van der Waals surface area contributed by atoms with Crippen LogP contribution >= 0.6 is 0 Å². The standard InChI is InChI=1S/C10H18N2O/c1-5-9(6-2)11-8-10(13)12(4)7-3/h1,9,11H,6-8H2,2-4H3. The van der Waals surface area contributed by atoms with Crippen molar-refractivity contribution in [2.24, 2.45) is 0 Å². The Kier molecular flexibility index (Phi) is 5.99. The summed E-state index contributed by atoms with van der Waals surface area (Å²) < 4.78 is 0. The molecule has 0 aromatic rings. The van der Waals surface area contributed by atoms with Crippen LogP contribution in [0.4, 0.5) is 0 Å². The van der Waals surface area contributed by atoms with Crippen LogP contribution in [0.1, 0.15) is 20.3 Å². The van der Waals surface area contributed by atoms with Crippen LogP contribution in [0.3, 0.4) is 0 Å². The summed E-state index contributed by atoms with van der Waals surface area (Å²) >= 11 is 0. The van der Waals surface area contributed by atoms with E-state index in [1.807, 2.05) is 13.8 Å². The van der Waals surface area contributed by atoms with Crippen molar-refractivity contribution >= 4 is 5.91 Å². The fraction of sp³-hybridized carbons (Fsp3) is 0.700. The zero-order valence-corrected chi connectivity index (χ0v) is 8.63. The maximum Gasteiger partial charge on any atom is 0.236 e. The molecule has 0 rings (SSSR count). The number of likely N-dealkylation sites (N-methyl/N-ethyl adjacent to an activating group) is 1. The van der Waals surface area contributed by atoms with Crippen LogP contribution < -0.4 is 5.32 Å². The average Bonchev–Trinajstić information content (AvgIpc) is 2.17. The van der Waals surface area contributed by atoms with Gasteiger partial charge >= 0.3 is 0 Å². The minimum Gasteiger partial charge on any atom is -0.345 e. The van der Waals surface area contributed by atoms with Crippen molar-refractivity contribution in [2.75, 3.05) is 20.1 Å². The van der Waals surface area contributed by atoms with Crippen LogP contribution in [0.5, 0.6) is 0 Å². The monoisotopic (exact) mass is 182 g/mol. The molecule has 3 nitrogen and oxygen atoms in total. The topological polar surface area (TPSA) is 32.3 Å². The van der Waals surface area contributed by atoms with E-state index in [1.165, 1.54) is 0 Å². The van der Waals surface area contributed by atoms with Crippen molar-refractivity contribution in [3.8, 4) is 12.3 Å². The lowest BCUT2D eigenvalue weighted by Crippen LogP contribution is -2.39. The third-order valence-electron chi connectivity index (χ3n) is 2.01. The smallest absolute Gasteiger partial charge is 0.236 e. The van der Waals surface area contributed by atoms with Crippen molar-refractivity contribution in [2.45, 2.75) is 26.3 Å². The van der Waals surface area contributed by atoms with E-state index >= 15 is 0 Å².